The second-order valence-electron chi connectivity index (χ2n) is 8.11. The lowest BCUT2D eigenvalue weighted by Gasteiger charge is -2.37. The maximum Gasteiger partial charge on any atom is 0.225 e. The molecule has 1 aliphatic carbocycles. The van der Waals surface area contributed by atoms with Gasteiger partial charge in [-0.2, -0.15) is 0 Å². The van der Waals surface area contributed by atoms with Crippen LogP contribution in [0.25, 0.3) is 0 Å². The van der Waals surface area contributed by atoms with Gasteiger partial charge in [-0.05, 0) is 72.0 Å². The van der Waals surface area contributed by atoms with Crippen LogP contribution < -0.4 is 5.32 Å². The maximum atomic E-state index is 11.9. The summed E-state index contributed by atoms with van der Waals surface area (Å²) >= 11 is -2.21. The van der Waals surface area contributed by atoms with Gasteiger partial charge in [0.1, 0.15) is 0 Å². The second-order valence-corrected chi connectivity index (χ2v) is 9.05. The molecular formula is C20H29N2O3S-. The largest absolute Gasteiger partial charge is 0.768 e. The summed E-state index contributed by atoms with van der Waals surface area (Å²) in [7, 11) is 0. The summed E-state index contributed by atoms with van der Waals surface area (Å²) in [5.74, 6) is 0.0951. The molecule has 1 spiro atoms. The summed E-state index contributed by atoms with van der Waals surface area (Å²) in [6.45, 7) is 7.57. The molecule has 2 fully saturated rings. The van der Waals surface area contributed by atoms with Gasteiger partial charge in [0.25, 0.3) is 0 Å². The molecule has 1 aromatic rings. The topological polar surface area (TPSA) is 72.5 Å². The van der Waals surface area contributed by atoms with E-state index in [1.54, 1.807) is 17.0 Å². The molecule has 1 N–H and O–H groups in total. The number of hydrogen-bond acceptors (Lipinski definition) is 4. The van der Waals surface area contributed by atoms with Crippen LogP contribution in [-0.2, 0) is 28.8 Å². The van der Waals surface area contributed by atoms with Gasteiger partial charge in [-0.3, -0.25) is 9.00 Å². The van der Waals surface area contributed by atoms with Crippen molar-refractivity contribution < 1.29 is 13.6 Å². The number of rotatable bonds is 2. The van der Waals surface area contributed by atoms with Crippen LogP contribution in [0.15, 0.2) is 23.1 Å². The first-order valence-electron chi connectivity index (χ1n) is 9.61. The number of hydrogen-bond donors (Lipinski definition) is 1. The van der Waals surface area contributed by atoms with Gasteiger partial charge in [0.05, 0.1) is 0 Å². The number of nitrogens with one attached hydrogen (secondary N) is 1. The molecule has 3 aliphatic rings. The SMILES string of the molecule is C1CC2(C1)CCNC2.CC(C)C(=O)N1CCc2ccc(S(=O)[O-])cc2C1. The zero-order chi connectivity index (χ0) is 18.7. The van der Waals surface area contributed by atoms with Crippen LogP contribution in [0, 0.1) is 11.3 Å². The maximum absolute atomic E-state index is 11.9. The minimum Gasteiger partial charge on any atom is -0.768 e. The number of nitrogens with zero attached hydrogens (tertiary/aromatic N) is 1. The van der Waals surface area contributed by atoms with Crippen LogP contribution in [0.2, 0.25) is 0 Å². The van der Waals surface area contributed by atoms with Crippen molar-refractivity contribution in [3.63, 3.8) is 0 Å². The van der Waals surface area contributed by atoms with Gasteiger partial charge in [0.2, 0.25) is 5.91 Å². The van der Waals surface area contributed by atoms with E-state index in [9.17, 15) is 13.6 Å². The first kappa shape index (κ1) is 19.5. The number of carbonyl (C=O) groups is 1. The number of amides is 1. The van der Waals surface area contributed by atoms with Crippen molar-refractivity contribution in [3.05, 3.63) is 29.3 Å². The van der Waals surface area contributed by atoms with Crippen LogP contribution >= 0.6 is 0 Å². The van der Waals surface area contributed by atoms with E-state index in [2.05, 4.69) is 5.32 Å². The Morgan fingerprint density at radius 2 is 2.04 bits per heavy atom. The molecule has 1 aromatic carbocycles. The summed E-state index contributed by atoms with van der Waals surface area (Å²) in [5.41, 5.74) is 2.88. The van der Waals surface area contributed by atoms with Gasteiger partial charge in [-0.1, -0.05) is 26.3 Å². The molecule has 144 valence electrons. The summed E-state index contributed by atoms with van der Waals surface area (Å²) in [6, 6.07) is 5.12. The van der Waals surface area contributed by atoms with Crippen molar-refractivity contribution >= 4 is 17.0 Å². The fourth-order valence-electron chi connectivity index (χ4n) is 4.09. The van der Waals surface area contributed by atoms with Gasteiger partial charge < -0.3 is 14.8 Å². The van der Waals surface area contributed by atoms with E-state index in [0.29, 0.717) is 13.1 Å². The van der Waals surface area contributed by atoms with E-state index in [1.165, 1.54) is 38.8 Å². The van der Waals surface area contributed by atoms with Gasteiger partial charge in [-0.25, -0.2) is 0 Å². The molecule has 0 radical (unpaired) electrons. The minimum absolute atomic E-state index is 0.0247. The Hall–Kier alpha value is -1.24. The van der Waals surface area contributed by atoms with Gasteiger partial charge >= 0.3 is 0 Å². The lowest BCUT2D eigenvalue weighted by molar-refractivity contribution is -0.135. The normalized spacial score (nSPS) is 21.6. The van der Waals surface area contributed by atoms with E-state index in [4.69, 9.17) is 0 Å². The second kappa shape index (κ2) is 8.19. The van der Waals surface area contributed by atoms with Crippen LogP contribution in [0.5, 0.6) is 0 Å². The molecule has 4 rings (SSSR count). The quantitative estimate of drug-likeness (QED) is 0.804. The highest BCUT2D eigenvalue weighted by Gasteiger charge is 2.38. The lowest BCUT2D eigenvalue weighted by atomic mass is 9.68. The van der Waals surface area contributed by atoms with Crippen molar-refractivity contribution in [1.29, 1.82) is 0 Å². The van der Waals surface area contributed by atoms with Crippen molar-refractivity contribution in [3.8, 4) is 0 Å². The molecule has 0 bridgehead atoms. The summed E-state index contributed by atoms with van der Waals surface area (Å²) in [6.07, 6.45) is 6.73. The first-order valence-corrected chi connectivity index (χ1v) is 10.7. The zero-order valence-electron chi connectivity index (χ0n) is 15.8. The Labute approximate surface area is 158 Å². The third-order valence-electron chi connectivity index (χ3n) is 5.93. The van der Waals surface area contributed by atoms with Gasteiger partial charge in [0.15, 0.2) is 0 Å². The highest BCUT2D eigenvalue weighted by molar-refractivity contribution is 7.79. The van der Waals surface area contributed by atoms with Gasteiger partial charge in [0, 0.05) is 30.4 Å². The summed E-state index contributed by atoms with van der Waals surface area (Å²) in [4.78, 5) is 14.0. The third-order valence-corrected chi connectivity index (χ3v) is 6.57. The van der Waals surface area contributed by atoms with Gasteiger partial charge in [-0.15, -0.1) is 0 Å². The Kier molecular flexibility index (Phi) is 6.15. The van der Waals surface area contributed by atoms with Crippen molar-refractivity contribution in [2.45, 2.75) is 57.4 Å². The fourth-order valence-corrected chi connectivity index (χ4v) is 4.51. The van der Waals surface area contributed by atoms with Crippen molar-refractivity contribution in [2.24, 2.45) is 11.3 Å². The smallest absolute Gasteiger partial charge is 0.225 e. The summed E-state index contributed by atoms with van der Waals surface area (Å²) < 4.78 is 21.9. The van der Waals surface area contributed by atoms with Crippen LogP contribution in [0.4, 0.5) is 0 Å². The fraction of sp³-hybridized carbons (Fsp3) is 0.650. The lowest BCUT2D eigenvalue weighted by Crippen LogP contribution is -2.38. The van der Waals surface area contributed by atoms with Crippen LogP contribution in [0.1, 0.15) is 50.7 Å². The van der Waals surface area contributed by atoms with E-state index < -0.39 is 11.1 Å². The number of carbonyl (C=O) groups excluding carboxylic acids is 1. The molecule has 26 heavy (non-hydrogen) atoms. The zero-order valence-corrected chi connectivity index (χ0v) is 16.6. The van der Waals surface area contributed by atoms with Crippen molar-refractivity contribution in [2.75, 3.05) is 19.6 Å². The van der Waals surface area contributed by atoms with Crippen molar-refractivity contribution in [1.82, 2.24) is 10.2 Å². The monoisotopic (exact) mass is 377 g/mol. The predicted octanol–water partition coefficient (Wildman–Crippen LogP) is 2.62. The van der Waals surface area contributed by atoms with E-state index in [-0.39, 0.29) is 16.7 Å². The molecule has 1 atom stereocenters. The van der Waals surface area contributed by atoms with Crippen LogP contribution in [-0.4, -0.2) is 39.2 Å². The van der Waals surface area contributed by atoms with E-state index in [1.807, 2.05) is 19.9 Å². The molecule has 1 saturated heterocycles. The van der Waals surface area contributed by atoms with E-state index in [0.717, 1.165) is 23.0 Å². The number of fused-ring (bicyclic) bond motifs is 1. The molecule has 6 heteroatoms. The molecule has 1 saturated carbocycles. The van der Waals surface area contributed by atoms with Crippen LogP contribution in [0.3, 0.4) is 0 Å². The highest BCUT2D eigenvalue weighted by atomic mass is 32.2. The molecule has 0 aromatic heterocycles. The Balaban J connectivity index is 0.000000201. The first-order chi connectivity index (χ1) is 12.4. The number of benzene rings is 1. The average molecular weight is 378 g/mol. The molecule has 1 unspecified atom stereocenters. The summed E-state index contributed by atoms with van der Waals surface area (Å²) in [5, 5.41) is 3.42. The Bertz CT molecular complexity index is 678. The standard InChI is InChI=1S/C13H17NO3S.C7H13N/c1-9(2)13(15)14-6-5-10-3-4-12(18(16)17)7-11(10)8-14;1-2-7(3-1)4-5-8-6-7/h3-4,7,9H,5-6,8H2,1-2H3,(H,16,17);8H,1-6H2/p-1. The third kappa shape index (κ3) is 4.35. The minimum atomic E-state index is -2.21. The molecule has 1 amide bonds. The molecule has 2 aliphatic heterocycles. The Morgan fingerprint density at radius 3 is 2.54 bits per heavy atom. The molecule has 2 heterocycles. The molecular weight excluding hydrogens is 348 g/mol. The average Bonchev–Trinajstić information content (AvgIpc) is 3.11. The van der Waals surface area contributed by atoms with E-state index >= 15 is 0 Å². The molecule has 5 nitrogen and oxygen atoms in total. The highest BCUT2D eigenvalue weighted by Crippen LogP contribution is 2.45. The predicted molar refractivity (Wildman–Crippen MR) is 101 cm³/mol. The Morgan fingerprint density at radius 1 is 1.27 bits per heavy atom.